The van der Waals surface area contributed by atoms with Gasteiger partial charge in [-0.1, -0.05) is 23.3 Å². The third kappa shape index (κ3) is 2.27. The van der Waals surface area contributed by atoms with Gasteiger partial charge in [-0.2, -0.15) is 0 Å². The Balaban J connectivity index is 2.33. The highest BCUT2D eigenvalue weighted by Crippen LogP contribution is 2.25. The third-order valence-electron chi connectivity index (χ3n) is 2.79. The van der Waals surface area contributed by atoms with Gasteiger partial charge in [-0.05, 0) is 31.5 Å². The fraction of sp³-hybridized carbons (Fsp3) is 0.308. The molecule has 1 aliphatic rings. The van der Waals surface area contributed by atoms with Crippen molar-refractivity contribution in [2.75, 3.05) is 18.0 Å². The van der Waals surface area contributed by atoms with Gasteiger partial charge in [0, 0.05) is 29.4 Å². The lowest BCUT2D eigenvalue weighted by molar-refractivity contribution is 0.112. The molecular formula is C13H14ClNO. The van der Waals surface area contributed by atoms with Crippen LogP contribution >= 0.6 is 11.6 Å². The Labute approximate surface area is 101 Å². The van der Waals surface area contributed by atoms with E-state index in [9.17, 15) is 4.79 Å². The number of aldehydes is 1. The van der Waals surface area contributed by atoms with Gasteiger partial charge in [-0.3, -0.25) is 4.79 Å². The van der Waals surface area contributed by atoms with Gasteiger partial charge in [-0.15, -0.1) is 0 Å². The highest BCUT2D eigenvalue weighted by atomic mass is 35.5. The van der Waals surface area contributed by atoms with Crippen LogP contribution in [0, 0.1) is 0 Å². The second-order valence-electron chi connectivity index (χ2n) is 4.08. The number of hydrogen-bond acceptors (Lipinski definition) is 2. The number of nitrogens with zero attached hydrogens (tertiary/aromatic N) is 1. The standard InChI is InChI=1S/C13H14ClNO/c1-10-3-2-6-15(8-10)13-5-4-12(14)7-11(13)9-16/h3-5,7,9H,2,6,8H2,1H3. The van der Waals surface area contributed by atoms with Gasteiger partial charge < -0.3 is 4.90 Å². The smallest absolute Gasteiger partial charge is 0.152 e. The molecule has 0 bridgehead atoms. The molecule has 16 heavy (non-hydrogen) atoms. The minimum Gasteiger partial charge on any atom is -0.367 e. The van der Waals surface area contributed by atoms with Gasteiger partial charge in [0.05, 0.1) is 0 Å². The van der Waals surface area contributed by atoms with E-state index < -0.39 is 0 Å². The maximum Gasteiger partial charge on any atom is 0.152 e. The average molecular weight is 236 g/mol. The largest absolute Gasteiger partial charge is 0.367 e. The summed E-state index contributed by atoms with van der Waals surface area (Å²) in [4.78, 5) is 13.2. The van der Waals surface area contributed by atoms with E-state index in [-0.39, 0.29) is 0 Å². The normalized spacial score (nSPS) is 15.9. The first-order valence-electron chi connectivity index (χ1n) is 5.36. The first-order chi connectivity index (χ1) is 7.70. The fourth-order valence-corrected chi connectivity index (χ4v) is 2.21. The summed E-state index contributed by atoms with van der Waals surface area (Å²) in [5, 5.41) is 0.607. The maximum atomic E-state index is 11.0. The molecule has 2 nitrogen and oxygen atoms in total. The van der Waals surface area contributed by atoms with Crippen molar-refractivity contribution in [3.63, 3.8) is 0 Å². The predicted molar refractivity (Wildman–Crippen MR) is 67.4 cm³/mol. The molecule has 0 unspecified atom stereocenters. The molecule has 0 radical (unpaired) electrons. The summed E-state index contributed by atoms with van der Waals surface area (Å²) in [6.07, 6.45) is 4.15. The zero-order valence-corrected chi connectivity index (χ0v) is 10.00. The van der Waals surface area contributed by atoms with Crippen LogP contribution in [0.5, 0.6) is 0 Å². The molecule has 1 heterocycles. The summed E-state index contributed by atoms with van der Waals surface area (Å²) in [5.74, 6) is 0. The van der Waals surface area contributed by atoms with Crippen LogP contribution < -0.4 is 4.90 Å². The molecule has 0 amide bonds. The van der Waals surface area contributed by atoms with Crippen LogP contribution in [0.2, 0.25) is 5.02 Å². The van der Waals surface area contributed by atoms with E-state index in [1.54, 1.807) is 6.07 Å². The molecule has 0 saturated carbocycles. The van der Waals surface area contributed by atoms with Crippen molar-refractivity contribution in [3.8, 4) is 0 Å². The zero-order chi connectivity index (χ0) is 11.5. The van der Waals surface area contributed by atoms with Crippen molar-refractivity contribution in [1.82, 2.24) is 0 Å². The van der Waals surface area contributed by atoms with E-state index in [0.717, 1.165) is 31.5 Å². The summed E-state index contributed by atoms with van der Waals surface area (Å²) in [7, 11) is 0. The maximum absolute atomic E-state index is 11.0. The molecule has 3 heteroatoms. The number of carbonyl (C=O) groups is 1. The summed E-state index contributed by atoms with van der Waals surface area (Å²) in [6.45, 7) is 3.96. The molecular weight excluding hydrogens is 222 g/mol. The molecule has 1 aromatic carbocycles. The van der Waals surface area contributed by atoms with Crippen LogP contribution in [-0.2, 0) is 0 Å². The first-order valence-corrected chi connectivity index (χ1v) is 5.74. The third-order valence-corrected chi connectivity index (χ3v) is 3.02. The Morgan fingerprint density at radius 3 is 2.94 bits per heavy atom. The molecule has 2 rings (SSSR count). The van der Waals surface area contributed by atoms with Gasteiger partial charge in [0.2, 0.25) is 0 Å². The quantitative estimate of drug-likeness (QED) is 0.579. The number of rotatable bonds is 2. The highest BCUT2D eigenvalue weighted by molar-refractivity contribution is 6.31. The Bertz CT molecular complexity index is 440. The van der Waals surface area contributed by atoms with E-state index in [1.165, 1.54) is 5.57 Å². The van der Waals surface area contributed by atoms with Crippen molar-refractivity contribution in [2.24, 2.45) is 0 Å². The Kier molecular flexibility index (Phi) is 3.30. The highest BCUT2D eigenvalue weighted by Gasteiger charge is 2.14. The SMILES string of the molecule is CC1=CCCN(c2ccc(Cl)cc2C=O)C1. The van der Waals surface area contributed by atoms with Crippen molar-refractivity contribution in [1.29, 1.82) is 0 Å². The van der Waals surface area contributed by atoms with Gasteiger partial charge in [0.15, 0.2) is 6.29 Å². The lowest BCUT2D eigenvalue weighted by atomic mass is 10.1. The molecule has 0 spiro atoms. The number of carbonyl (C=O) groups excluding carboxylic acids is 1. The molecule has 0 atom stereocenters. The van der Waals surface area contributed by atoms with Crippen LogP contribution in [0.15, 0.2) is 29.8 Å². The second kappa shape index (κ2) is 4.71. The molecule has 0 fully saturated rings. The van der Waals surface area contributed by atoms with Gasteiger partial charge in [0.25, 0.3) is 0 Å². The topological polar surface area (TPSA) is 20.3 Å². The summed E-state index contributed by atoms with van der Waals surface area (Å²) < 4.78 is 0. The molecule has 1 aromatic rings. The second-order valence-corrected chi connectivity index (χ2v) is 4.52. The van der Waals surface area contributed by atoms with Gasteiger partial charge in [0.1, 0.15) is 0 Å². The minimum absolute atomic E-state index is 0.607. The number of benzene rings is 1. The van der Waals surface area contributed by atoms with Gasteiger partial charge >= 0.3 is 0 Å². The Morgan fingerprint density at radius 1 is 1.44 bits per heavy atom. The first kappa shape index (κ1) is 11.2. The molecule has 0 N–H and O–H groups in total. The molecule has 0 aliphatic carbocycles. The average Bonchev–Trinajstić information content (AvgIpc) is 2.28. The Morgan fingerprint density at radius 2 is 2.25 bits per heavy atom. The molecule has 84 valence electrons. The van der Waals surface area contributed by atoms with Crippen molar-refractivity contribution in [2.45, 2.75) is 13.3 Å². The van der Waals surface area contributed by atoms with E-state index in [1.807, 2.05) is 12.1 Å². The van der Waals surface area contributed by atoms with Crippen molar-refractivity contribution < 1.29 is 4.79 Å². The monoisotopic (exact) mass is 235 g/mol. The van der Waals surface area contributed by atoms with E-state index >= 15 is 0 Å². The van der Waals surface area contributed by atoms with Crippen molar-refractivity contribution >= 4 is 23.6 Å². The van der Waals surface area contributed by atoms with E-state index in [4.69, 9.17) is 11.6 Å². The number of halogens is 1. The predicted octanol–water partition coefficient (Wildman–Crippen LogP) is 3.31. The van der Waals surface area contributed by atoms with Gasteiger partial charge in [-0.25, -0.2) is 0 Å². The minimum atomic E-state index is 0.607. The van der Waals surface area contributed by atoms with Crippen LogP contribution in [0.3, 0.4) is 0 Å². The van der Waals surface area contributed by atoms with Crippen LogP contribution in [0.1, 0.15) is 23.7 Å². The zero-order valence-electron chi connectivity index (χ0n) is 9.24. The fourth-order valence-electron chi connectivity index (χ4n) is 2.02. The van der Waals surface area contributed by atoms with Crippen LogP contribution in [-0.4, -0.2) is 19.4 Å². The lowest BCUT2D eigenvalue weighted by Gasteiger charge is -2.29. The summed E-state index contributed by atoms with van der Waals surface area (Å²) >= 11 is 5.87. The van der Waals surface area contributed by atoms with Crippen LogP contribution in [0.25, 0.3) is 0 Å². The van der Waals surface area contributed by atoms with Crippen molar-refractivity contribution in [3.05, 3.63) is 40.4 Å². The number of hydrogen-bond donors (Lipinski definition) is 0. The summed E-state index contributed by atoms with van der Waals surface area (Å²) in [6, 6.07) is 5.47. The number of anilines is 1. The Hall–Kier alpha value is -1.28. The lowest BCUT2D eigenvalue weighted by Crippen LogP contribution is -2.29. The summed E-state index contributed by atoms with van der Waals surface area (Å²) in [5.41, 5.74) is 2.99. The molecule has 0 aromatic heterocycles. The van der Waals surface area contributed by atoms with E-state index in [2.05, 4.69) is 17.9 Å². The van der Waals surface area contributed by atoms with Crippen LogP contribution in [0.4, 0.5) is 5.69 Å². The van der Waals surface area contributed by atoms with E-state index in [0.29, 0.717) is 10.6 Å². The molecule has 1 aliphatic heterocycles. The molecule has 0 saturated heterocycles.